The molecule has 0 aliphatic rings. The Morgan fingerprint density at radius 1 is 1.42 bits per heavy atom. The predicted molar refractivity (Wildman–Crippen MR) is 97.9 cm³/mol. The number of urea groups is 1. The van der Waals surface area contributed by atoms with Crippen LogP contribution in [0.15, 0.2) is 53.5 Å². The van der Waals surface area contributed by atoms with Gasteiger partial charge in [-0.25, -0.2) is 9.78 Å². The van der Waals surface area contributed by atoms with Gasteiger partial charge in [-0.3, -0.25) is 0 Å². The lowest BCUT2D eigenvalue weighted by molar-refractivity contribution is 0.246. The standard InChI is InChI=1S/C17H21BrN4O2/c1-3-4-15(16-19-9-10-22(16)11-12(2)23)21-17(24)20-14-7-5-13(18)6-8-14/h5-10,15,23H,2-4,11H2,1H3,(H2,20,21,24)/t15-/m0/s1. The predicted octanol–water partition coefficient (Wildman–Crippen LogP) is 4.38. The van der Waals surface area contributed by atoms with Crippen molar-refractivity contribution in [1.82, 2.24) is 14.9 Å². The Morgan fingerprint density at radius 2 is 2.12 bits per heavy atom. The lowest BCUT2D eigenvalue weighted by Crippen LogP contribution is -2.34. The number of allylic oxidation sites excluding steroid dienone is 1. The molecular formula is C17H21BrN4O2. The molecule has 0 bridgehead atoms. The van der Waals surface area contributed by atoms with Crippen molar-refractivity contribution >= 4 is 27.6 Å². The van der Waals surface area contributed by atoms with Crippen molar-refractivity contribution in [2.24, 2.45) is 0 Å². The van der Waals surface area contributed by atoms with Crippen molar-refractivity contribution < 1.29 is 9.90 Å². The summed E-state index contributed by atoms with van der Waals surface area (Å²) in [5, 5.41) is 15.2. The van der Waals surface area contributed by atoms with E-state index in [2.05, 4.69) is 38.1 Å². The average Bonchev–Trinajstić information content (AvgIpc) is 2.96. The first-order chi connectivity index (χ1) is 11.5. The summed E-state index contributed by atoms with van der Waals surface area (Å²) in [6.45, 7) is 5.80. The molecule has 0 saturated heterocycles. The van der Waals surface area contributed by atoms with Crippen LogP contribution in [0, 0.1) is 0 Å². The van der Waals surface area contributed by atoms with Gasteiger partial charge in [-0.15, -0.1) is 0 Å². The Labute approximate surface area is 149 Å². The maximum atomic E-state index is 12.3. The molecule has 1 atom stereocenters. The topological polar surface area (TPSA) is 79.2 Å². The van der Waals surface area contributed by atoms with E-state index in [9.17, 15) is 9.90 Å². The van der Waals surface area contributed by atoms with Crippen LogP contribution in [0.1, 0.15) is 31.6 Å². The van der Waals surface area contributed by atoms with Gasteiger partial charge < -0.3 is 20.3 Å². The van der Waals surface area contributed by atoms with Gasteiger partial charge >= 0.3 is 6.03 Å². The largest absolute Gasteiger partial charge is 0.511 e. The summed E-state index contributed by atoms with van der Waals surface area (Å²) < 4.78 is 2.73. The van der Waals surface area contributed by atoms with E-state index in [1.807, 2.05) is 31.2 Å². The van der Waals surface area contributed by atoms with Gasteiger partial charge in [0.05, 0.1) is 12.6 Å². The maximum absolute atomic E-state index is 12.3. The number of aliphatic hydroxyl groups is 1. The number of nitrogens with one attached hydrogen (secondary N) is 2. The molecule has 3 N–H and O–H groups in total. The van der Waals surface area contributed by atoms with E-state index >= 15 is 0 Å². The number of carbonyl (C=O) groups is 1. The average molecular weight is 393 g/mol. The first kappa shape index (κ1) is 18.1. The summed E-state index contributed by atoms with van der Waals surface area (Å²) in [5.41, 5.74) is 0.707. The zero-order valence-corrected chi connectivity index (χ0v) is 15.1. The van der Waals surface area contributed by atoms with E-state index in [-0.39, 0.29) is 24.4 Å². The second-order valence-corrected chi connectivity index (χ2v) is 6.34. The third kappa shape index (κ3) is 5.13. The minimum atomic E-state index is -0.298. The number of anilines is 1. The molecule has 2 rings (SSSR count). The van der Waals surface area contributed by atoms with E-state index in [0.29, 0.717) is 11.5 Å². The number of aliphatic hydroxyl groups excluding tert-OH is 1. The highest BCUT2D eigenvalue weighted by molar-refractivity contribution is 9.10. The van der Waals surface area contributed by atoms with Crippen LogP contribution in [0.4, 0.5) is 10.5 Å². The van der Waals surface area contributed by atoms with Gasteiger partial charge in [0.1, 0.15) is 11.6 Å². The molecule has 0 saturated carbocycles. The molecule has 128 valence electrons. The van der Waals surface area contributed by atoms with Gasteiger partial charge in [0.2, 0.25) is 0 Å². The van der Waals surface area contributed by atoms with E-state index in [4.69, 9.17) is 0 Å². The Kier molecular flexibility index (Phi) is 6.43. The fourth-order valence-electron chi connectivity index (χ4n) is 2.37. The number of amides is 2. The highest BCUT2D eigenvalue weighted by Gasteiger charge is 2.19. The van der Waals surface area contributed by atoms with Gasteiger partial charge in [0.15, 0.2) is 0 Å². The molecule has 0 unspecified atom stereocenters. The summed E-state index contributed by atoms with van der Waals surface area (Å²) in [4.78, 5) is 16.6. The van der Waals surface area contributed by atoms with Crippen LogP contribution in [0.25, 0.3) is 0 Å². The number of hydrogen-bond donors (Lipinski definition) is 3. The van der Waals surface area contributed by atoms with Crippen LogP contribution in [0.5, 0.6) is 0 Å². The van der Waals surface area contributed by atoms with Gasteiger partial charge in [-0.1, -0.05) is 35.9 Å². The Morgan fingerprint density at radius 3 is 2.75 bits per heavy atom. The third-order valence-electron chi connectivity index (χ3n) is 3.40. The fraction of sp³-hybridized carbons (Fsp3) is 0.294. The van der Waals surface area contributed by atoms with Crippen LogP contribution in [0.2, 0.25) is 0 Å². The van der Waals surface area contributed by atoms with Crippen LogP contribution < -0.4 is 10.6 Å². The Bertz CT molecular complexity index is 697. The summed E-state index contributed by atoms with van der Waals surface area (Å²) >= 11 is 3.36. The number of imidazole rings is 1. The summed E-state index contributed by atoms with van der Waals surface area (Å²) in [6, 6.07) is 6.80. The van der Waals surface area contributed by atoms with Crippen molar-refractivity contribution in [2.75, 3.05) is 5.32 Å². The molecule has 6 nitrogen and oxygen atoms in total. The minimum Gasteiger partial charge on any atom is -0.511 e. The quantitative estimate of drug-likeness (QED) is 0.611. The van der Waals surface area contributed by atoms with Crippen LogP contribution in [-0.4, -0.2) is 20.7 Å². The molecule has 2 aromatic rings. The molecule has 1 aromatic carbocycles. The molecule has 1 heterocycles. The number of rotatable bonds is 7. The number of nitrogens with zero attached hydrogens (tertiary/aromatic N) is 2. The van der Waals surface area contributed by atoms with E-state index in [0.717, 1.165) is 17.3 Å². The normalized spacial score (nSPS) is 11.8. The summed E-state index contributed by atoms with van der Waals surface area (Å²) in [6.07, 6.45) is 5.03. The smallest absolute Gasteiger partial charge is 0.319 e. The highest BCUT2D eigenvalue weighted by atomic mass is 79.9. The molecular weight excluding hydrogens is 372 g/mol. The van der Waals surface area contributed by atoms with Gasteiger partial charge in [-0.05, 0) is 30.7 Å². The van der Waals surface area contributed by atoms with E-state index in [1.54, 1.807) is 17.0 Å². The van der Waals surface area contributed by atoms with Crippen LogP contribution in [0.3, 0.4) is 0 Å². The number of benzene rings is 1. The van der Waals surface area contributed by atoms with Gasteiger partial charge in [-0.2, -0.15) is 0 Å². The molecule has 24 heavy (non-hydrogen) atoms. The molecule has 0 aliphatic carbocycles. The van der Waals surface area contributed by atoms with Crippen LogP contribution >= 0.6 is 15.9 Å². The number of halogens is 1. The second kappa shape index (κ2) is 8.54. The molecule has 1 aromatic heterocycles. The van der Waals surface area contributed by atoms with E-state index in [1.165, 1.54) is 0 Å². The first-order valence-corrected chi connectivity index (χ1v) is 8.49. The van der Waals surface area contributed by atoms with Crippen molar-refractivity contribution in [1.29, 1.82) is 0 Å². The first-order valence-electron chi connectivity index (χ1n) is 7.70. The highest BCUT2D eigenvalue weighted by Crippen LogP contribution is 2.19. The second-order valence-electron chi connectivity index (χ2n) is 5.43. The Balaban J connectivity index is 2.07. The Hall–Kier alpha value is -2.28. The van der Waals surface area contributed by atoms with Crippen molar-refractivity contribution in [3.8, 4) is 0 Å². The lowest BCUT2D eigenvalue weighted by Gasteiger charge is -2.19. The molecule has 0 radical (unpaired) electrons. The number of hydrogen-bond acceptors (Lipinski definition) is 3. The van der Waals surface area contributed by atoms with E-state index < -0.39 is 0 Å². The zero-order chi connectivity index (χ0) is 17.5. The monoisotopic (exact) mass is 392 g/mol. The lowest BCUT2D eigenvalue weighted by atomic mass is 10.1. The molecule has 2 amide bonds. The maximum Gasteiger partial charge on any atom is 0.319 e. The minimum absolute atomic E-state index is 0.0452. The molecule has 0 spiro atoms. The molecule has 7 heteroatoms. The fourth-order valence-corrected chi connectivity index (χ4v) is 2.64. The van der Waals surface area contributed by atoms with Gasteiger partial charge in [0.25, 0.3) is 0 Å². The molecule has 0 aliphatic heterocycles. The summed E-state index contributed by atoms with van der Waals surface area (Å²) in [7, 11) is 0. The van der Waals surface area contributed by atoms with Crippen molar-refractivity contribution in [2.45, 2.75) is 32.4 Å². The van der Waals surface area contributed by atoms with Crippen LogP contribution in [-0.2, 0) is 6.54 Å². The third-order valence-corrected chi connectivity index (χ3v) is 3.93. The zero-order valence-electron chi connectivity index (χ0n) is 13.5. The SMILES string of the molecule is C=C(O)Cn1ccnc1[C@H](CCC)NC(=O)Nc1ccc(Br)cc1. The molecule has 0 fully saturated rings. The number of carbonyl (C=O) groups excluding carboxylic acids is 1. The van der Waals surface area contributed by atoms with Crippen molar-refractivity contribution in [3.63, 3.8) is 0 Å². The van der Waals surface area contributed by atoms with Crippen molar-refractivity contribution in [3.05, 3.63) is 59.3 Å². The summed E-state index contributed by atoms with van der Waals surface area (Å²) in [5.74, 6) is 0.738. The number of aromatic nitrogens is 2. The van der Waals surface area contributed by atoms with Gasteiger partial charge in [0, 0.05) is 22.6 Å².